The van der Waals surface area contributed by atoms with E-state index in [-0.39, 0.29) is 6.54 Å². The molecule has 0 heterocycles. The molecule has 1 aromatic carbocycles. The van der Waals surface area contributed by atoms with Crippen molar-refractivity contribution in [1.82, 2.24) is 4.72 Å². The minimum atomic E-state index is -5.28. The Morgan fingerprint density at radius 1 is 1.24 bits per heavy atom. The van der Waals surface area contributed by atoms with Gasteiger partial charge in [0.05, 0.1) is 4.83 Å². The van der Waals surface area contributed by atoms with Crippen molar-refractivity contribution < 1.29 is 21.6 Å². The van der Waals surface area contributed by atoms with Gasteiger partial charge >= 0.3 is 15.5 Å². The van der Waals surface area contributed by atoms with Gasteiger partial charge in [0.1, 0.15) is 0 Å². The third-order valence-corrected chi connectivity index (χ3v) is 3.93. The van der Waals surface area contributed by atoms with Crippen molar-refractivity contribution in [2.24, 2.45) is 0 Å². The van der Waals surface area contributed by atoms with E-state index in [0.29, 0.717) is 5.56 Å². The van der Waals surface area contributed by atoms with Gasteiger partial charge in [-0.25, -0.2) is 13.1 Å². The van der Waals surface area contributed by atoms with Crippen LogP contribution in [0.1, 0.15) is 10.4 Å². The van der Waals surface area contributed by atoms with Crippen molar-refractivity contribution in [3.05, 3.63) is 35.9 Å². The number of benzene rings is 1. The molecule has 1 aromatic rings. The standard InChI is InChI=1S/C9H9BrF3NO2S/c10-8(7-4-2-1-3-5-7)6-14-17(15,16)9(11,12)13/h1-5,8,14H,6H2. The molecule has 0 spiro atoms. The third-order valence-electron chi connectivity index (χ3n) is 1.92. The van der Waals surface area contributed by atoms with E-state index >= 15 is 0 Å². The Bertz CT molecular complexity index is 461. The molecular weight excluding hydrogens is 323 g/mol. The summed E-state index contributed by atoms with van der Waals surface area (Å²) in [6.45, 7) is -0.369. The maximum atomic E-state index is 12.0. The van der Waals surface area contributed by atoms with E-state index in [2.05, 4.69) is 15.9 Å². The summed E-state index contributed by atoms with van der Waals surface area (Å²) >= 11 is 3.11. The fourth-order valence-electron chi connectivity index (χ4n) is 1.04. The van der Waals surface area contributed by atoms with Crippen LogP contribution in [0.25, 0.3) is 0 Å². The van der Waals surface area contributed by atoms with Crippen LogP contribution in [0.3, 0.4) is 0 Å². The van der Waals surface area contributed by atoms with Gasteiger partial charge in [0.25, 0.3) is 0 Å². The highest BCUT2D eigenvalue weighted by atomic mass is 79.9. The van der Waals surface area contributed by atoms with Crippen LogP contribution >= 0.6 is 15.9 Å². The van der Waals surface area contributed by atoms with Gasteiger partial charge in [-0.1, -0.05) is 46.3 Å². The van der Waals surface area contributed by atoms with Crippen LogP contribution < -0.4 is 4.72 Å². The van der Waals surface area contributed by atoms with Crippen LogP contribution in [0.15, 0.2) is 30.3 Å². The summed E-state index contributed by atoms with van der Waals surface area (Å²) in [6, 6.07) is 8.54. The first-order valence-corrected chi connectivity index (χ1v) is 6.89. The van der Waals surface area contributed by atoms with Gasteiger partial charge in [-0.05, 0) is 5.56 Å². The van der Waals surface area contributed by atoms with Crippen molar-refractivity contribution in [1.29, 1.82) is 0 Å². The summed E-state index contributed by atoms with van der Waals surface area (Å²) in [4.78, 5) is -0.513. The zero-order valence-electron chi connectivity index (χ0n) is 8.41. The normalized spacial score (nSPS) is 14.6. The van der Waals surface area contributed by atoms with E-state index in [4.69, 9.17) is 0 Å². The smallest absolute Gasteiger partial charge is 0.206 e. The molecule has 0 aliphatic rings. The van der Waals surface area contributed by atoms with Gasteiger partial charge in [0.2, 0.25) is 0 Å². The second-order valence-electron chi connectivity index (χ2n) is 3.18. The molecule has 3 nitrogen and oxygen atoms in total. The van der Waals surface area contributed by atoms with E-state index in [1.54, 1.807) is 30.3 Å². The van der Waals surface area contributed by atoms with Gasteiger partial charge in [-0.15, -0.1) is 0 Å². The van der Waals surface area contributed by atoms with Crippen molar-refractivity contribution in [3.63, 3.8) is 0 Å². The molecule has 1 N–H and O–H groups in total. The molecule has 17 heavy (non-hydrogen) atoms. The number of halogens is 4. The van der Waals surface area contributed by atoms with Crippen molar-refractivity contribution in [3.8, 4) is 0 Å². The first kappa shape index (κ1) is 14.5. The number of nitrogens with one attached hydrogen (secondary N) is 1. The second-order valence-corrected chi connectivity index (χ2v) is 6.04. The Morgan fingerprint density at radius 3 is 2.24 bits per heavy atom. The Morgan fingerprint density at radius 2 is 1.76 bits per heavy atom. The van der Waals surface area contributed by atoms with Gasteiger partial charge in [-0.2, -0.15) is 13.2 Å². The largest absolute Gasteiger partial charge is 0.511 e. The summed E-state index contributed by atoms with van der Waals surface area (Å²) < 4.78 is 59.0. The third kappa shape index (κ3) is 3.97. The van der Waals surface area contributed by atoms with E-state index in [1.807, 2.05) is 0 Å². The molecule has 1 unspecified atom stereocenters. The minimum Gasteiger partial charge on any atom is -0.206 e. The van der Waals surface area contributed by atoms with Gasteiger partial charge < -0.3 is 0 Å². The Balaban J connectivity index is 2.64. The average Bonchev–Trinajstić information content (AvgIpc) is 2.25. The SMILES string of the molecule is O=S(=O)(NCC(Br)c1ccccc1)C(F)(F)F. The molecule has 1 atom stereocenters. The summed E-state index contributed by atoms with van der Waals surface area (Å²) in [5.41, 5.74) is -4.59. The number of hydrogen-bond acceptors (Lipinski definition) is 2. The molecular formula is C9H9BrF3NO2S. The van der Waals surface area contributed by atoms with Crippen molar-refractivity contribution >= 4 is 26.0 Å². The summed E-state index contributed by atoms with van der Waals surface area (Å²) in [7, 11) is -5.28. The topological polar surface area (TPSA) is 46.2 Å². The number of hydrogen-bond donors (Lipinski definition) is 1. The lowest BCUT2D eigenvalue weighted by molar-refractivity contribution is -0.0447. The fourth-order valence-corrected chi connectivity index (χ4v) is 2.28. The van der Waals surface area contributed by atoms with Crippen molar-refractivity contribution in [2.45, 2.75) is 10.3 Å². The quantitative estimate of drug-likeness (QED) is 0.862. The monoisotopic (exact) mass is 331 g/mol. The lowest BCUT2D eigenvalue weighted by Crippen LogP contribution is -2.37. The highest BCUT2D eigenvalue weighted by molar-refractivity contribution is 9.09. The molecule has 0 saturated heterocycles. The van der Waals surface area contributed by atoms with Crippen LogP contribution in [0.5, 0.6) is 0 Å². The summed E-state index contributed by atoms with van der Waals surface area (Å²) in [5.74, 6) is 0. The molecule has 0 aromatic heterocycles. The Hall–Kier alpha value is -0.600. The average molecular weight is 332 g/mol. The van der Waals surface area contributed by atoms with Crippen LogP contribution in [0, 0.1) is 0 Å². The maximum absolute atomic E-state index is 12.0. The van der Waals surface area contributed by atoms with Gasteiger partial charge in [0, 0.05) is 6.54 Å². The van der Waals surface area contributed by atoms with Crippen LogP contribution in [-0.4, -0.2) is 20.5 Å². The number of sulfonamides is 1. The second kappa shape index (κ2) is 5.36. The lowest BCUT2D eigenvalue weighted by Gasteiger charge is -2.13. The number of alkyl halides is 4. The van der Waals surface area contributed by atoms with Crippen LogP contribution in [0.4, 0.5) is 13.2 Å². The molecule has 1 rings (SSSR count). The zero-order chi connectivity index (χ0) is 13.1. The maximum Gasteiger partial charge on any atom is 0.511 e. The first-order valence-electron chi connectivity index (χ1n) is 4.49. The van der Waals surface area contributed by atoms with Crippen LogP contribution in [-0.2, 0) is 10.0 Å². The highest BCUT2D eigenvalue weighted by Gasteiger charge is 2.45. The molecule has 0 aliphatic carbocycles. The molecule has 96 valence electrons. The predicted octanol–water partition coefficient (Wildman–Crippen LogP) is 2.56. The lowest BCUT2D eigenvalue weighted by atomic mass is 10.2. The summed E-state index contributed by atoms with van der Waals surface area (Å²) in [5, 5.41) is 0. The predicted molar refractivity (Wildman–Crippen MR) is 61.1 cm³/mol. The fraction of sp³-hybridized carbons (Fsp3) is 0.333. The molecule has 0 bridgehead atoms. The van der Waals surface area contributed by atoms with E-state index in [9.17, 15) is 21.6 Å². The molecule has 0 radical (unpaired) electrons. The van der Waals surface area contributed by atoms with Crippen molar-refractivity contribution in [2.75, 3.05) is 6.54 Å². The molecule has 0 amide bonds. The summed E-state index contributed by atoms with van der Waals surface area (Å²) in [6.07, 6.45) is 0. The van der Waals surface area contributed by atoms with E-state index < -0.39 is 20.4 Å². The first-order chi connectivity index (χ1) is 7.74. The molecule has 0 aliphatic heterocycles. The van der Waals surface area contributed by atoms with E-state index in [1.165, 1.54) is 4.72 Å². The van der Waals surface area contributed by atoms with E-state index in [0.717, 1.165) is 0 Å². The molecule has 0 fully saturated rings. The minimum absolute atomic E-state index is 0.369. The zero-order valence-corrected chi connectivity index (χ0v) is 10.8. The van der Waals surface area contributed by atoms with Gasteiger partial charge in [0.15, 0.2) is 0 Å². The van der Waals surface area contributed by atoms with Crippen LogP contribution in [0.2, 0.25) is 0 Å². The molecule has 0 saturated carbocycles. The Labute approximate surface area is 105 Å². The van der Waals surface area contributed by atoms with Gasteiger partial charge in [-0.3, -0.25) is 0 Å². The highest BCUT2D eigenvalue weighted by Crippen LogP contribution is 2.25. The number of rotatable bonds is 4. The molecule has 8 heteroatoms. The Kier molecular flexibility index (Phi) is 4.56.